The van der Waals surface area contributed by atoms with E-state index in [0.29, 0.717) is 27.0 Å². The predicted molar refractivity (Wildman–Crippen MR) is 132 cm³/mol. The first-order valence-electron chi connectivity index (χ1n) is 11.1. The lowest BCUT2D eigenvalue weighted by molar-refractivity contribution is -0.141. The second-order valence-electron chi connectivity index (χ2n) is 8.26. The molecule has 37 heavy (non-hydrogen) atoms. The van der Waals surface area contributed by atoms with Crippen LogP contribution in [0.3, 0.4) is 0 Å². The zero-order valence-corrected chi connectivity index (χ0v) is 20.7. The number of nitrogen functional groups attached to an aromatic ring is 1. The number of hydrogen-bond acceptors (Lipinski definition) is 9. The van der Waals surface area contributed by atoms with Gasteiger partial charge in [0.1, 0.15) is 23.6 Å². The lowest BCUT2D eigenvalue weighted by Crippen LogP contribution is -2.46. The summed E-state index contributed by atoms with van der Waals surface area (Å²) in [6, 6.07) is 8.65. The van der Waals surface area contributed by atoms with Crippen LogP contribution in [0.4, 0.5) is 5.82 Å². The van der Waals surface area contributed by atoms with Crippen LogP contribution in [0.1, 0.15) is 54.9 Å². The van der Waals surface area contributed by atoms with E-state index < -0.39 is 53.5 Å². The average Bonchev–Trinajstić information content (AvgIpc) is 3.17. The van der Waals surface area contributed by atoms with E-state index in [1.54, 1.807) is 44.2 Å². The number of nitrogens with zero attached hydrogens (tertiary/aromatic N) is 2. The fraction of sp³-hybridized carbons (Fsp3) is 0.280. The standard InChI is InChI=1S/C25H26N4O8/c1-13-19(15(3)30)14(2)27-21(13)24(34)37-12-17(31)20-22(26)28(10-16-8-6-5-7-9-16)25(35)29(23(20)33)11-18(32)36-4/h5-9,27H,10-12,26H2,1-4H3. The predicted octanol–water partition coefficient (Wildman–Crippen LogP) is 1.00. The largest absolute Gasteiger partial charge is 0.468 e. The van der Waals surface area contributed by atoms with Gasteiger partial charge < -0.3 is 20.2 Å². The molecule has 0 fully saturated rings. The number of esters is 2. The van der Waals surface area contributed by atoms with E-state index in [-0.39, 0.29) is 18.0 Å². The first-order valence-corrected chi connectivity index (χ1v) is 11.1. The number of methoxy groups -OCH3 is 1. The summed E-state index contributed by atoms with van der Waals surface area (Å²) >= 11 is 0. The maximum absolute atomic E-state index is 13.1. The maximum Gasteiger partial charge on any atom is 0.355 e. The summed E-state index contributed by atoms with van der Waals surface area (Å²) in [5.41, 5.74) is 5.23. The molecule has 2 heterocycles. The van der Waals surface area contributed by atoms with Crippen molar-refractivity contribution in [1.29, 1.82) is 0 Å². The van der Waals surface area contributed by atoms with E-state index in [2.05, 4.69) is 9.72 Å². The van der Waals surface area contributed by atoms with Gasteiger partial charge in [0.05, 0.1) is 13.7 Å². The van der Waals surface area contributed by atoms with Crippen molar-refractivity contribution in [1.82, 2.24) is 14.1 Å². The molecule has 194 valence electrons. The van der Waals surface area contributed by atoms with Crippen LogP contribution < -0.4 is 17.0 Å². The summed E-state index contributed by atoms with van der Waals surface area (Å²) in [5.74, 6) is -3.48. The molecule has 0 aliphatic heterocycles. The molecule has 3 rings (SSSR count). The monoisotopic (exact) mass is 510 g/mol. The highest BCUT2D eigenvalue weighted by Gasteiger charge is 2.26. The van der Waals surface area contributed by atoms with Crippen LogP contribution >= 0.6 is 0 Å². The SMILES string of the molecule is COC(=O)Cn1c(=O)c(C(=O)COC(=O)c2[nH]c(C)c(C(C)=O)c2C)c(N)n(Cc2ccccc2)c1=O. The number of Topliss-reactive ketones (excluding diaryl/α,β-unsaturated/α-hetero) is 2. The quantitative estimate of drug-likeness (QED) is 0.314. The fourth-order valence-electron chi connectivity index (χ4n) is 3.99. The molecule has 0 unspecified atom stereocenters. The van der Waals surface area contributed by atoms with Crippen LogP contribution in [0.25, 0.3) is 0 Å². The van der Waals surface area contributed by atoms with Crippen LogP contribution in [-0.2, 0) is 27.4 Å². The van der Waals surface area contributed by atoms with Gasteiger partial charge in [0.25, 0.3) is 5.56 Å². The van der Waals surface area contributed by atoms with Crippen molar-refractivity contribution < 1.29 is 28.7 Å². The van der Waals surface area contributed by atoms with Crippen LogP contribution in [0.15, 0.2) is 39.9 Å². The van der Waals surface area contributed by atoms with Crippen LogP contribution in [0.5, 0.6) is 0 Å². The summed E-state index contributed by atoms with van der Waals surface area (Å²) < 4.78 is 11.2. The van der Waals surface area contributed by atoms with Gasteiger partial charge in [-0.25, -0.2) is 14.2 Å². The number of rotatable bonds is 9. The Kier molecular flexibility index (Phi) is 7.91. The molecule has 12 heteroatoms. The molecule has 0 amide bonds. The molecule has 0 aliphatic rings. The van der Waals surface area contributed by atoms with Gasteiger partial charge in [0.15, 0.2) is 12.4 Å². The zero-order chi connectivity index (χ0) is 27.4. The Morgan fingerprint density at radius 3 is 2.22 bits per heavy atom. The van der Waals surface area contributed by atoms with Gasteiger partial charge in [-0.2, -0.15) is 0 Å². The number of nitrogens with two attached hydrogens (primary N) is 1. The Hall–Kier alpha value is -4.74. The first-order chi connectivity index (χ1) is 17.5. The topological polar surface area (TPSA) is 173 Å². The molecule has 3 N–H and O–H groups in total. The second kappa shape index (κ2) is 10.9. The number of carbonyl (C=O) groups excluding carboxylic acids is 4. The summed E-state index contributed by atoms with van der Waals surface area (Å²) in [5, 5.41) is 0. The molecule has 12 nitrogen and oxygen atoms in total. The lowest BCUT2D eigenvalue weighted by atomic mass is 10.1. The minimum Gasteiger partial charge on any atom is -0.468 e. The molecular formula is C25H26N4O8. The van der Waals surface area contributed by atoms with Crippen LogP contribution in [-0.4, -0.2) is 51.3 Å². The van der Waals surface area contributed by atoms with Crippen molar-refractivity contribution in [3.05, 3.63) is 84.8 Å². The van der Waals surface area contributed by atoms with E-state index in [0.717, 1.165) is 11.7 Å². The van der Waals surface area contributed by atoms with Crippen molar-refractivity contribution in [3.63, 3.8) is 0 Å². The number of nitrogens with one attached hydrogen (secondary N) is 1. The molecule has 0 saturated heterocycles. The maximum atomic E-state index is 13.1. The van der Waals surface area contributed by atoms with E-state index in [9.17, 15) is 28.8 Å². The molecule has 0 bridgehead atoms. The van der Waals surface area contributed by atoms with Crippen molar-refractivity contribution in [2.45, 2.75) is 33.9 Å². The fourth-order valence-corrected chi connectivity index (χ4v) is 3.99. The summed E-state index contributed by atoms with van der Waals surface area (Å²) in [6.07, 6.45) is 0. The number of hydrogen-bond donors (Lipinski definition) is 2. The van der Waals surface area contributed by atoms with Gasteiger partial charge in [0, 0.05) is 11.3 Å². The highest BCUT2D eigenvalue weighted by atomic mass is 16.5. The van der Waals surface area contributed by atoms with Gasteiger partial charge >= 0.3 is 17.6 Å². The Morgan fingerprint density at radius 1 is 1.00 bits per heavy atom. The van der Waals surface area contributed by atoms with Crippen LogP contribution in [0, 0.1) is 13.8 Å². The summed E-state index contributed by atoms with van der Waals surface area (Å²) in [7, 11) is 1.08. The number of aryl methyl sites for hydroxylation is 1. The number of aromatic nitrogens is 3. The molecule has 0 saturated carbocycles. The molecular weight excluding hydrogens is 484 g/mol. The third kappa shape index (κ3) is 5.42. The minimum atomic E-state index is -1.12. The van der Waals surface area contributed by atoms with E-state index in [1.165, 1.54) is 6.92 Å². The smallest absolute Gasteiger partial charge is 0.355 e. The Morgan fingerprint density at radius 2 is 1.65 bits per heavy atom. The van der Waals surface area contributed by atoms with Crippen LogP contribution in [0.2, 0.25) is 0 Å². The third-order valence-electron chi connectivity index (χ3n) is 5.77. The van der Waals surface area contributed by atoms with Gasteiger partial charge in [-0.15, -0.1) is 0 Å². The lowest BCUT2D eigenvalue weighted by Gasteiger charge is -2.16. The van der Waals surface area contributed by atoms with E-state index >= 15 is 0 Å². The number of anilines is 1. The Labute approximate surface area is 210 Å². The average molecular weight is 511 g/mol. The zero-order valence-electron chi connectivity index (χ0n) is 20.7. The van der Waals surface area contributed by atoms with Gasteiger partial charge in [-0.3, -0.25) is 23.7 Å². The number of aromatic amines is 1. The number of ketones is 2. The van der Waals surface area contributed by atoms with E-state index in [4.69, 9.17) is 10.5 Å². The highest BCUT2D eigenvalue weighted by Crippen LogP contribution is 2.19. The normalized spacial score (nSPS) is 10.7. The third-order valence-corrected chi connectivity index (χ3v) is 5.77. The molecule has 0 radical (unpaired) electrons. The Balaban J connectivity index is 1.99. The van der Waals surface area contributed by atoms with Crippen molar-refractivity contribution in [2.24, 2.45) is 0 Å². The molecule has 1 aromatic carbocycles. The highest BCUT2D eigenvalue weighted by molar-refractivity contribution is 6.03. The second-order valence-corrected chi connectivity index (χ2v) is 8.26. The first kappa shape index (κ1) is 26.9. The summed E-state index contributed by atoms with van der Waals surface area (Å²) in [4.78, 5) is 78.2. The molecule has 0 spiro atoms. The molecule has 0 atom stereocenters. The van der Waals surface area contributed by atoms with Gasteiger partial charge in [-0.1, -0.05) is 30.3 Å². The van der Waals surface area contributed by atoms with E-state index in [1.807, 2.05) is 0 Å². The molecule has 0 aliphatic carbocycles. The Bertz CT molecular complexity index is 1510. The van der Waals surface area contributed by atoms with Gasteiger partial charge in [0.2, 0.25) is 5.78 Å². The molecule has 3 aromatic rings. The number of H-pyrrole nitrogens is 1. The summed E-state index contributed by atoms with van der Waals surface area (Å²) in [6.45, 7) is 2.80. The van der Waals surface area contributed by atoms with Crippen molar-refractivity contribution in [2.75, 3.05) is 19.5 Å². The number of benzene rings is 1. The minimum absolute atomic E-state index is 0.0133. The molecule has 2 aromatic heterocycles. The van der Waals surface area contributed by atoms with Gasteiger partial charge in [-0.05, 0) is 31.9 Å². The van der Waals surface area contributed by atoms with Crippen molar-refractivity contribution in [3.8, 4) is 0 Å². The van der Waals surface area contributed by atoms with Crippen molar-refractivity contribution >= 4 is 29.3 Å². The number of carbonyl (C=O) groups is 4. The number of ether oxygens (including phenoxy) is 2.